The molecule has 4 rings (SSSR count). The Balaban J connectivity index is 1.37. The van der Waals surface area contributed by atoms with Gasteiger partial charge in [-0.15, -0.1) is 0 Å². The zero-order valence-corrected chi connectivity index (χ0v) is 14.2. The maximum absolute atomic E-state index is 12.6. The molecule has 4 heterocycles. The molecule has 0 bridgehead atoms. The first-order chi connectivity index (χ1) is 12.2. The molecule has 0 unspecified atom stereocenters. The van der Waals surface area contributed by atoms with Crippen LogP contribution in [0.25, 0.3) is 0 Å². The van der Waals surface area contributed by atoms with E-state index in [-0.39, 0.29) is 17.4 Å². The largest absolute Gasteiger partial charge is 0.492 e. The van der Waals surface area contributed by atoms with E-state index >= 15 is 0 Å². The number of hydrogen-bond acceptors (Lipinski definition) is 5. The minimum absolute atomic E-state index is 0.0144. The van der Waals surface area contributed by atoms with Crippen LogP contribution < -0.4 is 4.74 Å². The van der Waals surface area contributed by atoms with E-state index in [2.05, 4.69) is 9.97 Å². The molecule has 1 atom stereocenters. The van der Waals surface area contributed by atoms with Crippen LogP contribution in [0.15, 0.2) is 42.9 Å². The zero-order chi connectivity index (χ0) is 17.3. The third-order valence-electron chi connectivity index (χ3n) is 5.05. The van der Waals surface area contributed by atoms with Crippen molar-refractivity contribution in [3.8, 4) is 5.75 Å². The van der Waals surface area contributed by atoms with Crippen LogP contribution in [0.1, 0.15) is 22.5 Å². The highest BCUT2D eigenvalue weighted by Crippen LogP contribution is 2.40. The molecule has 2 aliphatic heterocycles. The summed E-state index contributed by atoms with van der Waals surface area (Å²) in [5.74, 6) is 1.07. The van der Waals surface area contributed by atoms with E-state index in [1.807, 2.05) is 36.1 Å². The molecule has 2 aliphatic rings. The summed E-state index contributed by atoms with van der Waals surface area (Å²) in [5, 5.41) is 0. The molecule has 0 saturated carbocycles. The van der Waals surface area contributed by atoms with Crippen LogP contribution in [0, 0.1) is 12.8 Å². The summed E-state index contributed by atoms with van der Waals surface area (Å²) < 4.78 is 11.9. The van der Waals surface area contributed by atoms with Crippen molar-refractivity contribution < 1.29 is 14.3 Å². The molecule has 6 heteroatoms. The van der Waals surface area contributed by atoms with Crippen LogP contribution in [0.3, 0.4) is 0 Å². The number of pyridine rings is 2. The Morgan fingerprint density at radius 1 is 1.36 bits per heavy atom. The van der Waals surface area contributed by atoms with Crippen molar-refractivity contribution in [2.75, 3.05) is 26.3 Å². The number of aromatic nitrogens is 2. The first-order valence-corrected chi connectivity index (χ1v) is 8.55. The van der Waals surface area contributed by atoms with Crippen molar-refractivity contribution >= 4 is 5.91 Å². The first kappa shape index (κ1) is 16.0. The second-order valence-corrected chi connectivity index (χ2v) is 6.75. The summed E-state index contributed by atoms with van der Waals surface area (Å²) in [5.41, 5.74) is 1.26. The Morgan fingerprint density at radius 3 is 2.96 bits per heavy atom. The third kappa shape index (κ3) is 3.09. The van der Waals surface area contributed by atoms with Crippen molar-refractivity contribution in [2.45, 2.75) is 18.9 Å². The molecule has 2 aromatic heterocycles. The molecule has 1 amide bonds. The maximum atomic E-state index is 12.6. The van der Waals surface area contributed by atoms with E-state index in [0.29, 0.717) is 25.3 Å². The number of hydrogen-bond donors (Lipinski definition) is 0. The standard InChI is InChI=1S/C19H21N3O3/c1-14-4-5-15(9-21-14)18(23)22-12-19(13-22)16(6-8-25-19)11-24-17-3-2-7-20-10-17/h2-5,7,9-10,16H,6,8,11-13H2,1H3/t16-/m1/s1. The van der Waals surface area contributed by atoms with Crippen molar-refractivity contribution in [1.29, 1.82) is 0 Å². The molecule has 2 fully saturated rings. The van der Waals surface area contributed by atoms with Crippen molar-refractivity contribution in [3.63, 3.8) is 0 Å². The van der Waals surface area contributed by atoms with Crippen LogP contribution in [-0.4, -0.2) is 52.7 Å². The number of amides is 1. The van der Waals surface area contributed by atoms with Crippen LogP contribution in [0.2, 0.25) is 0 Å². The van der Waals surface area contributed by atoms with Crippen molar-refractivity contribution in [3.05, 3.63) is 54.1 Å². The van der Waals surface area contributed by atoms with Gasteiger partial charge in [0.2, 0.25) is 0 Å². The number of aryl methyl sites for hydroxylation is 1. The average Bonchev–Trinajstić information content (AvgIpc) is 3.03. The topological polar surface area (TPSA) is 64.6 Å². The summed E-state index contributed by atoms with van der Waals surface area (Å²) in [7, 11) is 0. The molecule has 2 aromatic rings. The molecule has 0 aliphatic carbocycles. The van der Waals surface area contributed by atoms with Gasteiger partial charge in [0.25, 0.3) is 5.91 Å². The lowest BCUT2D eigenvalue weighted by Gasteiger charge is -2.50. The summed E-state index contributed by atoms with van der Waals surface area (Å²) in [6.45, 7) is 4.43. The molecule has 0 aromatic carbocycles. The van der Waals surface area contributed by atoms with Gasteiger partial charge < -0.3 is 14.4 Å². The Hall–Kier alpha value is -2.47. The summed E-state index contributed by atoms with van der Waals surface area (Å²) >= 11 is 0. The van der Waals surface area contributed by atoms with E-state index in [1.54, 1.807) is 18.6 Å². The SMILES string of the molecule is Cc1ccc(C(=O)N2CC3(C2)OCC[C@@H]3COc2cccnc2)cn1. The van der Waals surface area contributed by atoms with E-state index in [9.17, 15) is 4.79 Å². The summed E-state index contributed by atoms with van der Waals surface area (Å²) in [4.78, 5) is 22.6. The highest BCUT2D eigenvalue weighted by atomic mass is 16.5. The molecular formula is C19H21N3O3. The second kappa shape index (κ2) is 6.44. The van der Waals surface area contributed by atoms with Crippen molar-refractivity contribution in [1.82, 2.24) is 14.9 Å². The van der Waals surface area contributed by atoms with Gasteiger partial charge in [0.1, 0.15) is 11.4 Å². The minimum atomic E-state index is -0.268. The van der Waals surface area contributed by atoms with Gasteiger partial charge in [0.05, 0.1) is 31.5 Å². The lowest BCUT2D eigenvalue weighted by atomic mass is 9.81. The predicted octanol–water partition coefficient (Wildman–Crippen LogP) is 2.10. The van der Waals surface area contributed by atoms with E-state index < -0.39 is 0 Å². The maximum Gasteiger partial charge on any atom is 0.255 e. The first-order valence-electron chi connectivity index (χ1n) is 8.55. The monoisotopic (exact) mass is 339 g/mol. The zero-order valence-electron chi connectivity index (χ0n) is 14.2. The lowest BCUT2D eigenvalue weighted by Crippen LogP contribution is -2.66. The van der Waals surface area contributed by atoms with Crippen LogP contribution in [-0.2, 0) is 4.74 Å². The highest BCUT2D eigenvalue weighted by Gasteiger charge is 2.54. The summed E-state index contributed by atoms with van der Waals surface area (Å²) in [6.07, 6.45) is 6.03. The molecule has 130 valence electrons. The summed E-state index contributed by atoms with van der Waals surface area (Å²) in [6, 6.07) is 7.44. The number of carbonyl (C=O) groups excluding carboxylic acids is 1. The van der Waals surface area contributed by atoms with Crippen LogP contribution in [0.4, 0.5) is 0 Å². The van der Waals surface area contributed by atoms with Gasteiger partial charge in [0.15, 0.2) is 0 Å². The smallest absolute Gasteiger partial charge is 0.255 e. The Kier molecular flexibility index (Phi) is 4.13. The van der Waals surface area contributed by atoms with E-state index in [1.165, 1.54) is 0 Å². The normalized spacial score (nSPS) is 21.2. The van der Waals surface area contributed by atoms with E-state index in [4.69, 9.17) is 9.47 Å². The highest BCUT2D eigenvalue weighted by molar-refractivity contribution is 5.94. The Morgan fingerprint density at radius 2 is 2.24 bits per heavy atom. The molecular weight excluding hydrogens is 318 g/mol. The van der Waals surface area contributed by atoms with Gasteiger partial charge >= 0.3 is 0 Å². The third-order valence-corrected chi connectivity index (χ3v) is 5.05. The minimum Gasteiger partial charge on any atom is -0.492 e. The lowest BCUT2D eigenvalue weighted by molar-refractivity contribution is -0.122. The van der Waals surface area contributed by atoms with Crippen LogP contribution >= 0.6 is 0 Å². The fraction of sp³-hybridized carbons (Fsp3) is 0.421. The van der Waals surface area contributed by atoms with E-state index in [0.717, 1.165) is 24.5 Å². The van der Waals surface area contributed by atoms with Gasteiger partial charge in [-0.3, -0.25) is 14.8 Å². The average molecular weight is 339 g/mol. The van der Waals surface area contributed by atoms with Gasteiger partial charge in [-0.05, 0) is 37.6 Å². The predicted molar refractivity (Wildman–Crippen MR) is 91.4 cm³/mol. The van der Waals surface area contributed by atoms with Gasteiger partial charge in [-0.2, -0.15) is 0 Å². The fourth-order valence-corrected chi connectivity index (χ4v) is 3.52. The molecule has 0 radical (unpaired) electrons. The molecule has 0 N–H and O–H groups in total. The number of rotatable bonds is 4. The van der Waals surface area contributed by atoms with Crippen LogP contribution in [0.5, 0.6) is 5.75 Å². The number of ether oxygens (including phenoxy) is 2. The van der Waals surface area contributed by atoms with Gasteiger partial charge in [-0.25, -0.2) is 0 Å². The number of carbonyl (C=O) groups is 1. The fourth-order valence-electron chi connectivity index (χ4n) is 3.52. The number of likely N-dealkylation sites (tertiary alicyclic amines) is 1. The molecule has 6 nitrogen and oxygen atoms in total. The quantitative estimate of drug-likeness (QED) is 0.853. The molecule has 2 saturated heterocycles. The van der Waals surface area contributed by atoms with Gasteiger partial charge in [0, 0.05) is 30.6 Å². The molecule has 1 spiro atoms. The van der Waals surface area contributed by atoms with Gasteiger partial charge in [-0.1, -0.05) is 0 Å². The van der Waals surface area contributed by atoms with Crippen molar-refractivity contribution in [2.24, 2.45) is 5.92 Å². The Labute approximate surface area is 146 Å². The second-order valence-electron chi connectivity index (χ2n) is 6.75. The number of nitrogens with zero attached hydrogens (tertiary/aromatic N) is 3. The molecule has 25 heavy (non-hydrogen) atoms. The Bertz CT molecular complexity index is 742.